The number of nitrogens with one attached hydrogen (secondary N) is 1. The second-order valence-electron chi connectivity index (χ2n) is 6.00. The minimum absolute atomic E-state index is 0.000452. The third-order valence-corrected chi connectivity index (χ3v) is 6.04. The highest BCUT2D eigenvalue weighted by molar-refractivity contribution is 7.86. The molecule has 0 spiro atoms. The molecule has 1 aliphatic rings. The number of carbonyl (C=O) groups is 1. The van der Waals surface area contributed by atoms with Gasteiger partial charge in [0.05, 0.1) is 6.54 Å². The van der Waals surface area contributed by atoms with E-state index >= 15 is 0 Å². The molecule has 6 nitrogen and oxygen atoms in total. The Balaban J connectivity index is 2.07. The Morgan fingerprint density at radius 1 is 1.29 bits per heavy atom. The molecular formula is C16H24FN3O3S. The standard InChI is InChI=1S/C16H24FN3O3S/c1-3-13(2)18-16(21)12-20-10-6-9-19(24(20,22)23)11-14-7-4-5-8-15(14)17/h4-5,7-8,13H,3,6,9-12H2,1-2H3,(H,18,21). The highest BCUT2D eigenvalue weighted by Crippen LogP contribution is 2.20. The first-order chi connectivity index (χ1) is 11.3. The van der Waals surface area contributed by atoms with Crippen molar-refractivity contribution in [3.63, 3.8) is 0 Å². The lowest BCUT2D eigenvalue weighted by molar-refractivity contribution is -0.122. The summed E-state index contributed by atoms with van der Waals surface area (Å²) in [6, 6.07) is 6.11. The summed E-state index contributed by atoms with van der Waals surface area (Å²) in [5, 5.41) is 2.76. The molecule has 0 radical (unpaired) electrons. The summed E-state index contributed by atoms with van der Waals surface area (Å²) in [5.74, 6) is -0.750. The Morgan fingerprint density at radius 2 is 1.96 bits per heavy atom. The van der Waals surface area contributed by atoms with E-state index in [0.717, 1.165) is 10.7 Å². The summed E-state index contributed by atoms with van der Waals surface area (Å²) in [6.07, 6.45) is 1.38. The molecule has 134 valence electrons. The third kappa shape index (κ3) is 4.52. The van der Waals surface area contributed by atoms with E-state index in [4.69, 9.17) is 0 Å². The zero-order valence-corrected chi connectivity index (χ0v) is 14.9. The lowest BCUT2D eigenvalue weighted by Gasteiger charge is -2.34. The molecule has 1 N–H and O–H groups in total. The molecule has 1 amide bonds. The van der Waals surface area contributed by atoms with Gasteiger partial charge in [-0.3, -0.25) is 4.79 Å². The van der Waals surface area contributed by atoms with Crippen molar-refractivity contribution < 1.29 is 17.6 Å². The fraction of sp³-hybridized carbons (Fsp3) is 0.562. The van der Waals surface area contributed by atoms with Crippen molar-refractivity contribution in [2.75, 3.05) is 19.6 Å². The average molecular weight is 357 g/mol. The normalized spacial score (nSPS) is 19.8. The summed E-state index contributed by atoms with van der Waals surface area (Å²) in [6.45, 7) is 4.19. The van der Waals surface area contributed by atoms with Gasteiger partial charge >= 0.3 is 0 Å². The van der Waals surface area contributed by atoms with Gasteiger partial charge in [0.25, 0.3) is 10.2 Å². The van der Waals surface area contributed by atoms with Crippen LogP contribution in [0.5, 0.6) is 0 Å². The molecule has 1 heterocycles. The van der Waals surface area contributed by atoms with Gasteiger partial charge in [-0.1, -0.05) is 25.1 Å². The largest absolute Gasteiger partial charge is 0.353 e. The molecule has 0 aromatic heterocycles. The number of halogens is 1. The molecule has 2 rings (SSSR count). The second kappa shape index (κ2) is 8.04. The zero-order valence-electron chi connectivity index (χ0n) is 14.0. The van der Waals surface area contributed by atoms with Crippen LogP contribution in [-0.2, 0) is 21.5 Å². The summed E-state index contributed by atoms with van der Waals surface area (Å²) in [5.41, 5.74) is 0.326. The maximum absolute atomic E-state index is 13.8. The lowest BCUT2D eigenvalue weighted by Crippen LogP contribution is -2.52. The van der Waals surface area contributed by atoms with Crippen LogP contribution in [0.4, 0.5) is 4.39 Å². The van der Waals surface area contributed by atoms with Crippen LogP contribution in [0.3, 0.4) is 0 Å². The topological polar surface area (TPSA) is 69.7 Å². The summed E-state index contributed by atoms with van der Waals surface area (Å²) in [4.78, 5) is 12.0. The minimum atomic E-state index is -3.78. The van der Waals surface area contributed by atoms with E-state index in [-0.39, 0.29) is 25.0 Å². The fourth-order valence-electron chi connectivity index (χ4n) is 2.54. The molecular weight excluding hydrogens is 333 g/mol. The van der Waals surface area contributed by atoms with Crippen molar-refractivity contribution in [3.8, 4) is 0 Å². The number of rotatable bonds is 6. The van der Waals surface area contributed by atoms with Crippen LogP contribution in [0, 0.1) is 5.82 Å². The van der Waals surface area contributed by atoms with Gasteiger partial charge in [0.15, 0.2) is 0 Å². The fourth-order valence-corrected chi connectivity index (χ4v) is 4.17. The summed E-state index contributed by atoms with van der Waals surface area (Å²) in [7, 11) is -3.78. The van der Waals surface area contributed by atoms with Gasteiger partial charge in [0.1, 0.15) is 5.82 Å². The Morgan fingerprint density at radius 3 is 2.62 bits per heavy atom. The van der Waals surface area contributed by atoms with E-state index in [1.807, 2.05) is 13.8 Å². The van der Waals surface area contributed by atoms with Gasteiger partial charge in [-0.25, -0.2) is 4.39 Å². The quantitative estimate of drug-likeness (QED) is 0.839. The van der Waals surface area contributed by atoms with Gasteiger partial charge in [0, 0.05) is 31.2 Å². The Hall–Kier alpha value is -1.51. The molecule has 0 saturated carbocycles. The van der Waals surface area contributed by atoms with Crippen molar-refractivity contribution in [2.45, 2.75) is 39.3 Å². The highest BCUT2D eigenvalue weighted by Gasteiger charge is 2.35. The van der Waals surface area contributed by atoms with Crippen LogP contribution in [0.2, 0.25) is 0 Å². The van der Waals surface area contributed by atoms with E-state index in [1.165, 1.54) is 10.4 Å². The predicted molar refractivity (Wildman–Crippen MR) is 89.8 cm³/mol. The molecule has 24 heavy (non-hydrogen) atoms. The minimum Gasteiger partial charge on any atom is -0.353 e. The maximum atomic E-state index is 13.8. The highest BCUT2D eigenvalue weighted by atomic mass is 32.2. The number of amides is 1. The summed E-state index contributed by atoms with van der Waals surface area (Å²) < 4.78 is 41.5. The second-order valence-corrected chi connectivity index (χ2v) is 7.93. The molecule has 1 atom stereocenters. The molecule has 1 aliphatic heterocycles. The van der Waals surface area contributed by atoms with Crippen molar-refractivity contribution in [1.82, 2.24) is 13.9 Å². The van der Waals surface area contributed by atoms with E-state index < -0.39 is 16.0 Å². The van der Waals surface area contributed by atoms with Crippen molar-refractivity contribution in [1.29, 1.82) is 0 Å². The first-order valence-electron chi connectivity index (χ1n) is 8.12. The Kier molecular flexibility index (Phi) is 6.31. The molecule has 1 aromatic carbocycles. The van der Waals surface area contributed by atoms with Crippen molar-refractivity contribution in [2.24, 2.45) is 0 Å². The predicted octanol–water partition coefficient (Wildman–Crippen LogP) is 1.49. The number of carbonyl (C=O) groups excluding carboxylic acids is 1. The molecule has 1 saturated heterocycles. The Bertz CT molecular complexity index is 681. The molecule has 1 fully saturated rings. The van der Waals surface area contributed by atoms with E-state index in [2.05, 4.69) is 5.32 Å². The van der Waals surface area contributed by atoms with E-state index in [9.17, 15) is 17.6 Å². The van der Waals surface area contributed by atoms with Gasteiger partial charge in [-0.15, -0.1) is 0 Å². The van der Waals surface area contributed by atoms with Crippen LogP contribution < -0.4 is 5.32 Å². The first-order valence-corrected chi connectivity index (χ1v) is 9.52. The molecule has 0 aliphatic carbocycles. The van der Waals surface area contributed by atoms with Crippen LogP contribution in [0.25, 0.3) is 0 Å². The number of hydrogen-bond acceptors (Lipinski definition) is 3. The van der Waals surface area contributed by atoms with E-state index in [1.54, 1.807) is 18.2 Å². The van der Waals surface area contributed by atoms with Crippen LogP contribution in [0.1, 0.15) is 32.3 Å². The monoisotopic (exact) mass is 357 g/mol. The molecule has 0 bridgehead atoms. The molecule has 1 aromatic rings. The first kappa shape index (κ1) is 18.8. The number of benzene rings is 1. The van der Waals surface area contributed by atoms with Gasteiger partial charge in [-0.05, 0) is 25.8 Å². The summed E-state index contributed by atoms with van der Waals surface area (Å²) >= 11 is 0. The molecule has 8 heteroatoms. The van der Waals surface area contributed by atoms with Gasteiger partial charge in [0.2, 0.25) is 5.91 Å². The Labute approximate surface area is 142 Å². The van der Waals surface area contributed by atoms with Crippen molar-refractivity contribution >= 4 is 16.1 Å². The third-order valence-electron chi connectivity index (χ3n) is 4.11. The van der Waals surface area contributed by atoms with Crippen LogP contribution in [0.15, 0.2) is 24.3 Å². The van der Waals surface area contributed by atoms with Gasteiger partial charge in [-0.2, -0.15) is 17.0 Å². The average Bonchev–Trinajstić information content (AvgIpc) is 2.53. The zero-order chi connectivity index (χ0) is 17.7. The van der Waals surface area contributed by atoms with Crippen LogP contribution in [-0.4, -0.2) is 48.6 Å². The van der Waals surface area contributed by atoms with Crippen molar-refractivity contribution in [3.05, 3.63) is 35.6 Å². The lowest BCUT2D eigenvalue weighted by atomic mass is 10.2. The van der Waals surface area contributed by atoms with Crippen LogP contribution >= 0.6 is 0 Å². The maximum Gasteiger partial charge on any atom is 0.282 e. The smallest absolute Gasteiger partial charge is 0.282 e. The molecule has 1 unspecified atom stereocenters. The number of hydrogen-bond donors (Lipinski definition) is 1. The van der Waals surface area contributed by atoms with Gasteiger partial charge < -0.3 is 5.32 Å². The SMILES string of the molecule is CCC(C)NC(=O)CN1CCCN(Cc2ccccc2F)S1(=O)=O. The van der Waals surface area contributed by atoms with E-state index in [0.29, 0.717) is 25.1 Å². The number of nitrogens with zero attached hydrogens (tertiary/aromatic N) is 2.